The molecule has 0 spiro atoms. The number of hydrogen-bond acceptors (Lipinski definition) is 4. The number of aromatic nitrogens is 2. The number of sulfonamides is 1. The van der Waals surface area contributed by atoms with Gasteiger partial charge in [-0.15, -0.1) is 0 Å². The number of hydrogen-bond donors (Lipinski definition) is 0. The molecule has 1 aliphatic heterocycles. The van der Waals surface area contributed by atoms with E-state index in [0.29, 0.717) is 19.6 Å². The van der Waals surface area contributed by atoms with E-state index in [1.807, 2.05) is 36.5 Å². The summed E-state index contributed by atoms with van der Waals surface area (Å²) in [6.45, 7) is 1.28. The van der Waals surface area contributed by atoms with E-state index in [2.05, 4.69) is 5.10 Å². The van der Waals surface area contributed by atoms with Crippen LogP contribution in [0.2, 0.25) is 5.02 Å². The molecule has 0 saturated carbocycles. The maximum atomic E-state index is 13.0. The molecule has 1 saturated heterocycles. The quantitative estimate of drug-likeness (QED) is 0.565. The third kappa shape index (κ3) is 4.51. The number of amides is 1. The minimum Gasteiger partial charge on any atom is -0.337 e. The van der Waals surface area contributed by atoms with Crippen LogP contribution in [0.15, 0.2) is 65.8 Å². The lowest BCUT2D eigenvalue weighted by Gasteiger charge is -2.19. The molecule has 1 fully saturated rings. The molecule has 0 unspecified atom stereocenters. The highest BCUT2D eigenvalue weighted by Crippen LogP contribution is 2.28. The second-order valence-electron chi connectivity index (χ2n) is 7.55. The fourth-order valence-electron chi connectivity index (χ4n) is 3.63. The van der Waals surface area contributed by atoms with Crippen molar-refractivity contribution < 1.29 is 13.2 Å². The number of carbonyl (C=O) groups excluding carboxylic acids is 1. The predicted molar refractivity (Wildman–Crippen MR) is 119 cm³/mol. The van der Waals surface area contributed by atoms with E-state index in [1.165, 1.54) is 21.3 Å². The summed E-state index contributed by atoms with van der Waals surface area (Å²) in [5.41, 5.74) is 2.07. The van der Waals surface area contributed by atoms with Crippen LogP contribution in [-0.4, -0.2) is 53.4 Å². The topological polar surface area (TPSA) is 75.5 Å². The van der Waals surface area contributed by atoms with Gasteiger partial charge in [-0.1, -0.05) is 29.8 Å². The highest BCUT2D eigenvalue weighted by molar-refractivity contribution is 7.89. The molecule has 162 valence electrons. The number of nitrogens with zero attached hydrogens (tertiary/aromatic N) is 4. The van der Waals surface area contributed by atoms with Crippen molar-refractivity contribution in [3.8, 4) is 5.69 Å². The van der Waals surface area contributed by atoms with Crippen LogP contribution in [0.3, 0.4) is 0 Å². The molecule has 7 nitrogen and oxygen atoms in total. The second kappa shape index (κ2) is 8.82. The first-order valence-corrected chi connectivity index (χ1v) is 11.8. The SMILES string of the molecule is CN(Cc1cnn(-c2ccccc2)c1)C(=O)c1ccc(Cl)c(S(=O)(=O)N2CCCC2)c1. The van der Waals surface area contributed by atoms with E-state index in [0.717, 1.165) is 24.1 Å². The van der Waals surface area contributed by atoms with Crippen LogP contribution in [0.5, 0.6) is 0 Å². The zero-order chi connectivity index (χ0) is 22.0. The standard InChI is InChI=1S/C22H23ClN4O3S/c1-25(15-17-14-24-27(16-17)19-7-3-2-4-8-19)22(28)18-9-10-20(23)21(13-18)31(29,30)26-11-5-6-12-26/h2-4,7-10,13-14,16H,5-6,11-12,15H2,1H3. The van der Waals surface area contributed by atoms with Crippen LogP contribution >= 0.6 is 11.6 Å². The first-order valence-electron chi connectivity index (χ1n) is 10.0. The van der Waals surface area contributed by atoms with Crippen molar-refractivity contribution in [3.63, 3.8) is 0 Å². The normalized spacial score (nSPS) is 14.6. The van der Waals surface area contributed by atoms with Crippen LogP contribution in [0.1, 0.15) is 28.8 Å². The van der Waals surface area contributed by atoms with E-state index in [1.54, 1.807) is 24.0 Å². The van der Waals surface area contributed by atoms with Gasteiger partial charge in [0.25, 0.3) is 5.91 Å². The molecule has 0 radical (unpaired) electrons. The van der Waals surface area contributed by atoms with E-state index in [-0.39, 0.29) is 21.4 Å². The summed E-state index contributed by atoms with van der Waals surface area (Å²) in [6.07, 6.45) is 5.23. The molecule has 31 heavy (non-hydrogen) atoms. The lowest BCUT2D eigenvalue weighted by atomic mass is 10.2. The van der Waals surface area contributed by atoms with Gasteiger partial charge in [-0.25, -0.2) is 13.1 Å². The van der Waals surface area contributed by atoms with Gasteiger partial charge in [0.2, 0.25) is 10.0 Å². The zero-order valence-electron chi connectivity index (χ0n) is 17.1. The van der Waals surface area contributed by atoms with Crippen molar-refractivity contribution in [2.75, 3.05) is 20.1 Å². The largest absolute Gasteiger partial charge is 0.337 e. The Kier molecular flexibility index (Phi) is 6.13. The summed E-state index contributed by atoms with van der Waals surface area (Å²) in [4.78, 5) is 14.5. The average Bonchev–Trinajstić information content (AvgIpc) is 3.47. The Morgan fingerprint density at radius 1 is 1.13 bits per heavy atom. The molecule has 3 aromatic rings. The van der Waals surface area contributed by atoms with Gasteiger partial charge in [0.15, 0.2) is 0 Å². The van der Waals surface area contributed by atoms with Crippen molar-refractivity contribution >= 4 is 27.5 Å². The Bertz CT molecular complexity index is 1190. The monoisotopic (exact) mass is 458 g/mol. The first kappa shape index (κ1) is 21.5. The molecule has 1 aliphatic rings. The summed E-state index contributed by atoms with van der Waals surface area (Å²) >= 11 is 6.19. The van der Waals surface area contributed by atoms with Gasteiger partial charge in [-0.05, 0) is 43.2 Å². The summed E-state index contributed by atoms with van der Waals surface area (Å²) in [5.74, 6) is -0.290. The van der Waals surface area contributed by atoms with Crippen molar-refractivity contribution in [1.29, 1.82) is 0 Å². The summed E-state index contributed by atoms with van der Waals surface area (Å²) < 4.78 is 29.0. The summed E-state index contributed by atoms with van der Waals surface area (Å²) in [7, 11) is -2.05. The van der Waals surface area contributed by atoms with Gasteiger partial charge < -0.3 is 4.90 Å². The summed E-state index contributed by atoms with van der Waals surface area (Å²) in [6, 6.07) is 14.1. The number of rotatable bonds is 6. The summed E-state index contributed by atoms with van der Waals surface area (Å²) in [5, 5.41) is 4.47. The van der Waals surface area contributed by atoms with Crippen LogP contribution < -0.4 is 0 Å². The number of halogens is 1. The second-order valence-corrected chi connectivity index (χ2v) is 9.86. The first-order chi connectivity index (χ1) is 14.9. The van der Waals surface area contributed by atoms with E-state index in [4.69, 9.17) is 11.6 Å². The van der Waals surface area contributed by atoms with Crippen LogP contribution in [0, 0.1) is 0 Å². The van der Waals surface area contributed by atoms with Crippen molar-refractivity contribution in [1.82, 2.24) is 19.0 Å². The van der Waals surface area contributed by atoms with E-state index in [9.17, 15) is 13.2 Å². The molecule has 9 heteroatoms. The molecular formula is C22H23ClN4O3S. The number of carbonyl (C=O) groups is 1. The van der Waals surface area contributed by atoms with Gasteiger partial charge in [0.05, 0.1) is 16.9 Å². The zero-order valence-corrected chi connectivity index (χ0v) is 18.7. The van der Waals surface area contributed by atoms with Gasteiger partial charge in [0, 0.05) is 44.0 Å². The smallest absolute Gasteiger partial charge is 0.253 e. The maximum absolute atomic E-state index is 13.0. The van der Waals surface area contributed by atoms with Crippen molar-refractivity contribution in [2.24, 2.45) is 0 Å². The maximum Gasteiger partial charge on any atom is 0.253 e. The Labute approximate surface area is 186 Å². The van der Waals surface area contributed by atoms with Crippen LogP contribution in [0.25, 0.3) is 5.69 Å². The molecule has 1 amide bonds. The molecule has 2 aromatic carbocycles. The molecule has 0 bridgehead atoms. The minimum absolute atomic E-state index is 0.0211. The molecule has 0 aliphatic carbocycles. The Morgan fingerprint density at radius 3 is 2.55 bits per heavy atom. The minimum atomic E-state index is -3.72. The van der Waals surface area contributed by atoms with E-state index >= 15 is 0 Å². The van der Waals surface area contributed by atoms with E-state index < -0.39 is 10.0 Å². The van der Waals surface area contributed by atoms with Crippen molar-refractivity contribution in [2.45, 2.75) is 24.3 Å². The third-order valence-corrected chi connectivity index (χ3v) is 7.66. The van der Waals surface area contributed by atoms with Crippen LogP contribution in [-0.2, 0) is 16.6 Å². The molecule has 2 heterocycles. The number of benzene rings is 2. The lowest BCUT2D eigenvalue weighted by Crippen LogP contribution is -2.29. The molecule has 1 aromatic heterocycles. The fraction of sp³-hybridized carbons (Fsp3) is 0.273. The van der Waals surface area contributed by atoms with Crippen LogP contribution in [0.4, 0.5) is 0 Å². The van der Waals surface area contributed by atoms with Gasteiger partial charge >= 0.3 is 0 Å². The lowest BCUT2D eigenvalue weighted by molar-refractivity contribution is 0.0785. The predicted octanol–water partition coefficient (Wildman–Crippen LogP) is 3.58. The molecule has 0 N–H and O–H groups in total. The number of para-hydroxylation sites is 1. The average molecular weight is 459 g/mol. The highest BCUT2D eigenvalue weighted by atomic mass is 35.5. The van der Waals surface area contributed by atoms with Crippen molar-refractivity contribution in [3.05, 3.63) is 77.1 Å². The molecule has 4 rings (SSSR count). The van der Waals surface area contributed by atoms with Gasteiger partial charge in [0.1, 0.15) is 4.90 Å². The Morgan fingerprint density at radius 2 is 1.84 bits per heavy atom. The highest BCUT2D eigenvalue weighted by Gasteiger charge is 2.30. The molecule has 0 atom stereocenters. The van der Waals surface area contributed by atoms with Gasteiger partial charge in [-0.3, -0.25) is 4.79 Å². The Hall–Kier alpha value is -2.68. The third-order valence-electron chi connectivity index (χ3n) is 5.28. The molecular weight excluding hydrogens is 436 g/mol. The van der Waals surface area contributed by atoms with Gasteiger partial charge in [-0.2, -0.15) is 9.40 Å². The fourth-order valence-corrected chi connectivity index (χ4v) is 5.65. The Balaban J connectivity index is 1.52.